The Bertz CT molecular complexity index is 251. The molecule has 1 atom stereocenters. The molecule has 3 heteroatoms. The standard InChI is InChI=1S/C13H24N2O/c1-13(2,11-6-5-7-14-10-11)12(16)15-8-3-4-9-15/h11,14H,3-10H2,1-2H3. The molecule has 16 heavy (non-hydrogen) atoms. The predicted octanol–water partition coefficient (Wildman–Crippen LogP) is 1.63. The molecule has 0 aromatic heterocycles. The third kappa shape index (κ3) is 2.24. The normalized spacial score (nSPS) is 27.1. The Balaban J connectivity index is 2.01. The second kappa shape index (κ2) is 4.74. The Hall–Kier alpha value is -0.570. The third-order valence-electron chi connectivity index (χ3n) is 4.26. The lowest BCUT2D eigenvalue weighted by Crippen LogP contribution is -2.48. The maximum Gasteiger partial charge on any atom is 0.228 e. The van der Waals surface area contributed by atoms with Crippen LogP contribution in [0.2, 0.25) is 0 Å². The van der Waals surface area contributed by atoms with Crippen LogP contribution in [0.4, 0.5) is 0 Å². The van der Waals surface area contributed by atoms with Gasteiger partial charge in [0.25, 0.3) is 0 Å². The van der Waals surface area contributed by atoms with Crippen LogP contribution in [-0.2, 0) is 4.79 Å². The summed E-state index contributed by atoms with van der Waals surface area (Å²) in [5.74, 6) is 0.882. The smallest absolute Gasteiger partial charge is 0.228 e. The molecule has 0 spiro atoms. The van der Waals surface area contributed by atoms with Crippen molar-refractivity contribution < 1.29 is 4.79 Å². The summed E-state index contributed by atoms with van der Waals surface area (Å²) in [6, 6.07) is 0. The minimum atomic E-state index is -0.183. The Labute approximate surface area is 98.6 Å². The zero-order valence-corrected chi connectivity index (χ0v) is 10.6. The molecule has 3 nitrogen and oxygen atoms in total. The molecule has 2 fully saturated rings. The average Bonchev–Trinajstić information content (AvgIpc) is 2.82. The zero-order chi connectivity index (χ0) is 11.6. The van der Waals surface area contributed by atoms with E-state index in [1.165, 1.54) is 25.7 Å². The number of amides is 1. The van der Waals surface area contributed by atoms with Crippen molar-refractivity contribution in [3.05, 3.63) is 0 Å². The van der Waals surface area contributed by atoms with Crippen LogP contribution in [-0.4, -0.2) is 37.0 Å². The molecule has 0 aromatic rings. The van der Waals surface area contributed by atoms with Crippen LogP contribution in [0.3, 0.4) is 0 Å². The summed E-state index contributed by atoms with van der Waals surface area (Å²) in [4.78, 5) is 14.5. The summed E-state index contributed by atoms with van der Waals surface area (Å²) in [5, 5.41) is 3.42. The lowest BCUT2D eigenvalue weighted by atomic mass is 9.74. The first kappa shape index (κ1) is 11.9. The molecule has 0 aromatic carbocycles. The van der Waals surface area contributed by atoms with Crippen LogP contribution in [0.15, 0.2) is 0 Å². The van der Waals surface area contributed by atoms with Gasteiger partial charge < -0.3 is 10.2 Å². The second-order valence-corrected chi connectivity index (χ2v) is 5.76. The van der Waals surface area contributed by atoms with E-state index in [-0.39, 0.29) is 5.41 Å². The lowest BCUT2D eigenvalue weighted by molar-refractivity contribution is -0.142. The molecule has 92 valence electrons. The molecule has 0 saturated carbocycles. The molecule has 2 aliphatic rings. The van der Waals surface area contributed by atoms with Gasteiger partial charge in [-0.05, 0) is 44.7 Å². The monoisotopic (exact) mass is 224 g/mol. The molecule has 0 aliphatic carbocycles. The SMILES string of the molecule is CC(C)(C(=O)N1CCCC1)C1CCCNC1. The van der Waals surface area contributed by atoms with Gasteiger partial charge in [0, 0.05) is 18.5 Å². The Kier molecular flexibility index (Phi) is 3.53. The van der Waals surface area contributed by atoms with Crippen molar-refractivity contribution >= 4 is 5.91 Å². The van der Waals surface area contributed by atoms with Gasteiger partial charge in [-0.15, -0.1) is 0 Å². The summed E-state index contributed by atoms with van der Waals surface area (Å²) in [6.07, 6.45) is 4.77. The van der Waals surface area contributed by atoms with Crippen LogP contribution < -0.4 is 5.32 Å². The quantitative estimate of drug-likeness (QED) is 0.773. The van der Waals surface area contributed by atoms with E-state index >= 15 is 0 Å². The van der Waals surface area contributed by atoms with Gasteiger partial charge in [-0.3, -0.25) is 4.79 Å². The largest absolute Gasteiger partial charge is 0.342 e. The number of carbonyl (C=O) groups excluding carboxylic acids is 1. The van der Waals surface area contributed by atoms with Gasteiger partial charge in [0.2, 0.25) is 5.91 Å². The van der Waals surface area contributed by atoms with Crippen molar-refractivity contribution in [2.75, 3.05) is 26.2 Å². The Morgan fingerprint density at radius 1 is 1.25 bits per heavy atom. The highest BCUT2D eigenvalue weighted by atomic mass is 16.2. The average molecular weight is 224 g/mol. The van der Waals surface area contributed by atoms with E-state index in [2.05, 4.69) is 24.1 Å². The van der Waals surface area contributed by atoms with Gasteiger partial charge in [0.05, 0.1) is 0 Å². The second-order valence-electron chi connectivity index (χ2n) is 5.76. The number of piperidine rings is 1. The van der Waals surface area contributed by atoms with E-state index < -0.39 is 0 Å². The molecule has 0 radical (unpaired) electrons. The van der Waals surface area contributed by atoms with Crippen LogP contribution in [0.5, 0.6) is 0 Å². The van der Waals surface area contributed by atoms with E-state index in [0.29, 0.717) is 11.8 Å². The number of likely N-dealkylation sites (tertiary alicyclic amines) is 1. The van der Waals surface area contributed by atoms with Crippen molar-refractivity contribution in [2.45, 2.75) is 39.5 Å². The highest BCUT2D eigenvalue weighted by molar-refractivity contribution is 5.82. The van der Waals surface area contributed by atoms with Crippen LogP contribution in [0.1, 0.15) is 39.5 Å². The van der Waals surface area contributed by atoms with Crippen LogP contribution in [0, 0.1) is 11.3 Å². The highest BCUT2D eigenvalue weighted by Crippen LogP contribution is 2.34. The van der Waals surface area contributed by atoms with E-state index in [1.54, 1.807) is 0 Å². The van der Waals surface area contributed by atoms with E-state index in [4.69, 9.17) is 0 Å². The minimum absolute atomic E-state index is 0.183. The number of nitrogens with zero attached hydrogens (tertiary/aromatic N) is 1. The number of hydrogen-bond donors (Lipinski definition) is 1. The third-order valence-corrected chi connectivity index (χ3v) is 4.26. The predicted molar refractivity (Wildman–Crippen MR) is 65.2 cm³/mol. The fraction of sp³-hybridized carbons (Fsp3) is 0.923. The molecule has 2 aliphatic heterocycles. The topological polar surface area (TPSA) is 32.3 Å². The molecule has 2 rings (SSSR count). The number of hydrogen-bond acceptors (Lipinski definition) is 2. The Morgan fingerprint density at radius 2 is 1.94 bits per heavy atom. The Morgan fingerprint density at radius 3 is 2.50 bits per heavy atom. The molecule has 0 bridgehead atoms. The fourth-order valence-electron chi connectivity index (χ4n) is 2.97. The summed E-state index contributed by atoms with van der Waals surface area (Å²) >= 11 is 0. The van der Waals surface area contributed by atoms with Gasteiger partial charge in [0.15, 0.2) is 0 Å². The summed E-state index contributed by atoms with van der Waals surface area (Å²) in [7, 11) is 0. The first-order valence-corrected chi connectivity index (χ1v) is 6.62. The van der Waals surface area contributed by atoms with Crippen molar-refractivity contribution in [1.29, 1.82) is 0 Å². The molecule has 1 N–H and O–H groups in total. The summed E-state index contributed by atoms with van der Waals surface area (Å²) < 4.78 is 0. The number of nitrogens with one attached hydrogen (secondary N) is 1. The highest BCUT2D eigenvalue weighted by Gasteiger charge is 2.40. The van der Waals surface area contributed by atoms with E-state index in [9.17, 15) is 4.79 Å². The lowest BCUT2D eigenvalue weighted by Gasteiger charge is -2.38. The van der Waals surface area contributed by atoms with Crippen molar-refractivity contribution in [1.82, 2.24) is 10.2 Å². The maximum absolute atomic E-state index is 12.5. The van der Waals surface area contributed by atoms with Gasteiger partial charge in [-0.1, -0.05) is 13.8 Å². The number of carbonyl (C=O) groups is 1. The first-order chi connectivity index (χ1) is 7.62. The van der Waals surface area contributed by atoms with Crippen LogP contribution >= 0.6 is 0 Å². The number of rotatable bonds is 2. The van der Waals surface area contributed by atoms with Crippen molar-refractivity contribution in [2.24, 2.45) is 11.3 Å². The van der Waals surface area contributed by atoms with Gasteiger partial charge in [0.1, 0.15) is 0 Å². The molecule has 2 heterocycles. The molecular formula is C13H24N2O. The first-order valence-electron chi connectivity index (χ1n) is 6.62. The molecule has 1 amide bonds. The van der Waals surface area contributed by atoms with Gasteiger partial charge in [-0.2, -0.15) is 0 Å². The van der Waals surface area contributed by atoms with Crippen LogP contribution in [0.25, 0.3) is 0 Å². The van der Waals surface area contributed by atoms with E-state index in [0.717, 1.165) is 26.2 Å². The van der Waals surface area contributed by atoms with E-state index in [1.807, 2.05) is 0 Å². The zero-order valence-electron chi connectivity index (χ0n) is 10.6. The molecular weight excluding hydrogens is 200 g/mol. The fourth-order valence-corrected chi connectivity index (χ4v) is 2.97. The summed E-state index contributed by atoms with van der Waals surface area (Å²) in [5.41, 5.74) is -0.183. The van der Waals surface area contributed by atoms with Crippen molar-refractivity contribution in [3.8, 4) is 0 Å². The van der Waals surface area contributed by atoms with Gasteiger partial charge >= 0.3 is 0 Å². The molecule has 1 unspecified atom stereocenters. The minimum Gasteiger partial charge on any atom is -0.342 e. The maximum atomic E-state index is 12.5. The van der Waals surface area contributed by atoms with Crippen molar-refractivity contribution in [3.63, 3.8) is 0 Å². The summed E-state index contributed by atoms with van der Waals surface area (Å²) in [6.45, 7) is 8.33. The molecule has 2 saturated heterocycles. The van der Waals surface area contributed by atoms with Gasteiger partial charge in [-0.25, -0.2) is 0 Å².